The van der Waals surface area contributed by atoms with E-state index in [1.54, 1.807) is 7.11 Å². The highest BCUT2D eigenvalue weighted by atomic mass is 16.5. The molecule has 1 aromatic heterocycles. The molecule has 1 aliphatic carbocycles. The highest BCUT2D eigenvalue weighted by molar-refractivity contribution is 5.33. The SMILES string of the molecule is COc1cc(C2CCC2)ncc1C. The summed E-state index contributed by atoms with van der Waals surface area (Å²) >= 11 is 0. The van der Waals surface area contributed by atoms with Gasteiger partial charge in [0, 0.05) is 29.4 Å². The summed E-state index contributed by atoms with van der Waals surface area (Å²) in [6, 6.07) is 2.08. The maximum atomic E-state index is 5.26. The quantitative estimate of drug-likeness (QED) is 0.692. The van der Waals surface area contributed by atoms with Crippen LogP contribution in [0.2, 0.25) is 0 Å². The lowest BCUT2D eigenvalue weighted by Gasteiger charge is -2.25. The van der Waals surface area contributed by atoms with E-state index in [9.17, 15) is 0 Å². The van der Waals surface area contributed by atoms with Crippen molar-refractivity contribution in [3.05, 3.63) is 23.5 Å². The molecule has 1 heterocycles. The Morgan fingerprint density at radius 2 is 2.23 bits per heavy atom. The van der Waals surface area contributed by atoms with Crippen LogP contribution in [0, 0.1) is 6.92 Å². The van der Waals surface area contributed by atoms with Gasteiger partial charge in [0.1, 0.15) is 5.75 Å². The van der Waals surface area contributed by atoms with Crippen molar-refractivity contribution < 1.29 is 4.74 Å². The molecule has 0 unspecified atom stereocenters. The highest BCUT2D eigenvalue weighted by Gasteiger charge is 2.21. The van der Waals surface area contributed by atoms with E-state index in [4.69, 9.17) is 4.74 Å². The summed E-state index contributed by atoms with van der Waals surface area (Å²) in [7, 11) is 1.72. The average molecular weight is 177 g/mol. The summed E-state index contributed by atoms with van der Waals surface area (Å²) in [6.07, 6.45) is 5.84. The number of aryl methyl sites for hydroxylation is 1. The molecular formula is C11H15NO. The van der Waals surface area contributed by atoms with Gasteiger partial charge in [-0.2, -0.15) is 0 Å². The van der Waals surface area contributed by atoms with E-state index >= 15 is 0 Å². The van der Waals surface area contributed by atoms with Crippen LogP contribution in [-0.2, 0) is 0 Å². The Kier molecular flexibility index (Phi) is 2.21. The standard InChI is InChI=1S/C11H15NO/c1-8-7-12-10(6-11(8)13-2)9-4-3-5-9/h6-7,9H,3-5H2,1-2H3. The van der Waals surface area contributed by atoms with Crippen molar-refractivity contribution in [1.29, 1.82) is 0 Å². The Morgan fingerprint density at radius 3 is 2.77 bits per heavy atom. The molecule has 1 fully saturated rings. The molecule has 0 aromatic carbocycles. The lowest BCUT2D eigenvalue weighted by molar-refractivity contribution is 0.394. The molecule has 0 saturated heterocycles. The summed E-state index contributed by atoms with van der Waals surface area (Å²) in [4.78, 5) is 4.43. The fourth-order valence-corrected chi connectivity index (χ4v) is 1.67. The first-order chi connectivity index (χ1) is 6.31. The van der Waals surface area contributed by atoms with Crippen molar-refractivity contribution in [1.82, 2.24) is 4.98 Å². The van der Waals surface area contributed by atoms with Gasteiger partial charge in [-0.05, 0) is 19.8 Å². The fraction of sp³-hybridized carbons (Fsp3) is 0.545. The normalized spacial score (nSPS) is 16.8. The molecular weight excluding hydrogens is 162 g/mol. The summed E-state index contributed by atoms with van der Waals surface area (Å²) in [5.41, 5.74) is 2.32. The highest BCUT2D eigenvalue weighted by Crippen LogP contribution is 2.36. The Balaban J connectivity index is 2.26. The second-order valence-electron chi connectivity index (χ2n) is 3.71. The lowest BCUT2D eigenvalue weighted by Crippen LogP contribution is -2.10. The van der Waals surface area contributed by atoms with Gasteiger partial charge in [-0.15, -0.1) is 0 Å². The van der Waals surface area contributed by atoms with Gasteiger partial charge in [0.2, 0.25) is 0 Å². The van der Waals surface area contributed by atoms with Gasteiger partial charge in [-0.1, -0.05) is 6.42 Å². The molecule has 0 radical (unpaired) electrons. The van der Waals surface area contributed by atoms with Crippen LogP contribution in [0.25, 0.3) is 0 Å². The van der Waals surface area contributed by atoms with Crippen LogP contribution in [0.15, 0.2) is 12.3 Å². The predicted octanol–water partition coefficient (Wildman–Crippen LogP) is 2.67. The van der Waals surface area contributed by atoms with Crippen LogP contribution < -0.4 is 4.74 Å². The van der Waals surface area contributed by atoms with Crippen molar-refractivity contribution in [3.63, 3.8) is 0 Å². The van der Waals surface area contributed by atoms with Crippen LogP contribution in [0.1, 0.15) is 36.4 Å². The van der Waals surface area contributed by atoms with E-state index in [1.807, 2.05) is 13.1 Å². The topological polar surface area (TPSA) is 22.1 Å². The third kappa shape index (κ3) is 1.53. The van der Waals surface area contributed by atoms with Crippen LogP contribution >= 0.6 is 0 Å². The first kappa shape index (κ1) is 8.54. The maximum Gasteiger partial charge on any atom is 0.125 e. The molecule has 2 heteroatoms. The Hall–Kier alpha value is -1.05. The number of hydrogen-bond donors (Lipinski definition) is 0. The molecule has 2 rings (SSSR count). The molecule has 70 valence electrons. The van der Waals surface area contributed by atoms with Gasteiger partial charge in [0.05, 0.1) is 7.11 Å². The first-order valence-electron chi connectivity index (χ1n) is 4.82. The molecule has 1 aliphatic rings. The predicted molar refractivity (Wildman–Crippen MR) is 52.1 cm³/mol. The van der Waals surface area contributed by atoms with E-state index in [0.717, 1.165) is 11.3 Å². The minimum atomic E-state index is 0.689. The number of nitrogens with zero attached hydrogens (tertiary/aromatic N) is 1. The van der Waals surface area contributed by atoms with Gasteiger partial charge >= 0.3 is 0 Å². The van der Waals surface area contributed by atoms with Crippen LogP contribution in [0.3, 0.4) is 0 Å². The van der Waals surface area contributed by atoms with Crippen molar-refractivity contribution in [2.24, 2.45) is 0 Å². The molecule has 0 N–H and O–H groups in total. The fourth-order valence-electron chi connectivity index (χ4n) is 1.67. The number of rotatable bonds is 2. The smallest absolute Gasteiger partial charge is 0.125 e. The van der Waals surface area contributed by atoms with Gasteiger partial charge in [-0.25, -0.2) is 0 Å². The first-order valence-corrected chi connectivity index (χ1v) is 4.82. The molecule has 0 bridgehead atoms. The lowest BCUT2D eigenvalue weighted by atomic mass is 9.82. The van der Waals surface area contributed by atoms with Gasteiger partial charge < -0.3 is 4.74 Å². The Morgan fingerprint density at radius 1 is 1.46 bits per heavy atom. The Labute approximate surface area is 78.9 Å². The van der Waals surface area contributed by atoms with Gasteiger partial charge in [-0.3, -0.25) is 4.98 Å². The van der Waals surface area contributed by atoms with Crippen LogP contribution in [-0.4, -0.2) is 12.1 Å². The van der Waals surface area contributed by atoms with Crippen molar-refractivity contribution >= 4 is 0 Å². The zero-order valence-electron chi connectivity index (χ0n) is 8.21. The average Bonchev–Trinajstić information content (AvgIpc) is 2.05. The zero-order chi connectivity index (χ0) is 9.26. The van der Waals surface area contributed by atoms with Gasteiger partial charge in [0.25, 0.3) is 0 Å². The van der Waals surface area contributed by atoms with E-state index in [2.05, 4.69) is 11.1 Å². The number of hydrogen-bond acceptors (Lipinski definition) is 2. The molecule has 1 aromatic rings. The summed E-state index contributed by atoms with van der Waals surface area (Å²) in [5, 5.41) is 0. The molecule has 13 heavy (non-hydrogen) atoms. The van der Waals surface area contributed by atoms with Crippen molar-refractivity contribution in [3.8, 4) is 5.75 Å². The third-order valence-electron chi connectivity index (χ3n) is 2.82. The van der Waals surface area contributed by atoms with Gasteiger partial charge in [0.15, 0.2) is 0 Å². The largest absolute Gasteiger partial charge is 0.496 e. The van der Waals surface area contributed by atoms with E-state index in [1.165, 1.54) is 25.0 Å². The summed E-state index contributed by atoms with van der Waals surface area (Å²) in [6.45, 7) is 2.02. The van der Waals surface area contributed by atoms with Crippen molar-refractivity contribution in [2.45, 2.75) is 32.1 Å². The third-order valence-corrected chi connectivity index (χ3v) is 2.82. The molecule has 2 nitrogen and oxygen atoms in total. The zero-order valence-corrected chi connectivity index (χ0v) is 8.21. The van der Waals surface area contributed by atoms with Crippen LogP contribution in [0.4, 0.5) is 0 Å². The monoisotopic (exact) mass is 177 g/mol. The Bertz CT molecular complexity index is 305. The van der Waals surface area contributed by atoms with Crippen LogP contribution in [0.5, 0.6) is 5.75 Å². The number of ether oxygens (including phenoxy) is 1. The molecule has 0 amide bonds. The van der Waals surface area contributed by atoms with E-state index in [-0.39, 0.29) is 0 Å². The molecule has 0 atom stereocenters. The molecule has 0 spiro atoms. The second-order valence-corrected chi connectivity index (χ2v) is 3.71. The summed E-state index contributed by atoms with van der Waals surface area (Å²) < 4.78 is 5.26. The number of aromatic nitrogens is 1. The summed E-state index contributed by atoms with van der Waals surface area (Å²) in [5.74, 6) is 1.66. The maximum absolute atomic E-state index is 5.26. The molecule has 0 aliphatic heterocycles. The minimum absolute atomic E-state index is 0.689. The van der Waals surface area contributed by atoms with E-state index in [0.29, 0.717) is 5.92 Å². The number of pyridine rings is 1. The molecule has 1 saturated carbocycles. The van der Waals surface area contributed by atoms with Crippen molar-refractivity contribution in [2.75, 3.05) is 7.11 Å². The second kappa shape index (κ2) is 3.36. The van der Waals surface area contributed by atoms with E-state index < -0.39 is 0 Å². The number of methoxy groups -OCH3 is 1. The minimum Gasteiger partial charge on any atom is -0.496 e.